The predicted molar refractivity (Wildman–Crippen MR) is 121 cm³/mol. The number of nitrogens with one attached hydrogen (secondary N) is 1. The van der Waals surface area contributed by atoms with Gasteiger partial charge in [-0.1, -0.05) is 6.07 Å². The van der Waals surface area contributed by atoms with E-state index in [9.17, 15) is 4.79 Å². The van der Waals surface area contributed by atoms with Crippen LogP contribution in [0.3, 0.4) is 0 Å². The van der Waals surface area contributed by atoms with Crippen LogP contribution < -0.4 is 5.32 Å². The number of rotatable bonds is 4. The highest BCUT2D eigenvalue weighted by Gasteiger charge is 2.28. The molecule has 7 nitrogen and oxygen atoms in total. The Hall–Kier alpha value is -3.48. The van der Waals surface area contributed by atoms with E-state index in [2.05, 4.69) is 47.6 Å². The molecule has 0 bridgehead atoms. The molecule has 0 radical (unpaired) electrons. The van der Waals surface area contributed by atoms with Gasteiger partial charge in [-0.25, -0.2) is 9.67 Å². The van der Waals surface area contributed by atoms with E-state index in [1.54, 1.807) is 9.36 Å². The van der Waals surface area contributed by atoms with Crippen LogP contribution in [-0.2, 0) is 7.05 Å². The van der Waals surface area contributed by atoms with E-state index >= 15 is 0 Å². The molecule has 0 aliphatic heterocycles. The second kappa shape index (κ2) is 7.04. The van der Waals surface area contributed by atoms with Crippen molar-refractivity contribution in [3.8, 4) is 5.69 Å². The van der Waals surface area contributed by atoms with Gasteiger partial charge in [-0.05, 0) is 69.9 Å². The van der Waals surface area contributed by atoms with Gasteiger partial charge in [0, 0.05) is 24.7 Å². The number of amides is 1. The highest BCUT2D eigenvalue weighted by molar-refractivity contribution is 6.12. The Balaban J connectivity index is 1.58. The highest BCUT2D eigenvalue weighted by atomic mass is 16.1. The summed E-state index contributed by atoms with van der Waals surface area (Å²) in [7, 11) is 1.87. The molecule has 0 unspecified atom stereocenters. The van der Waals surface area contributed by atoms with Crippen LogP contribution in [0.4, 0.5) is 5.82 Å². The van der Waals surface area contributed by atoms with E-state index in [1.165, 1.54) is 0 Å². The van der Waals surface area contributed by atoms with Crippen molar-refractivity contribution < 1.29 is 4.79 Å². The van der Waals surface area contributed by atoms with E-state index in [1.807, 2.05) is 33.0 Å². The second-order valence-electron chi connectivity index (χ2n) is 8.66. The Morgan fingerprint density at radius 2 is 1.71 bits per heavy atom. The Bertz CT molecular complexity index is 1320. The van der Waals surface area contributed by atoms with Gasteiger partial charge in [-0.2, -0.15) is 10.2 Å². The minimum atomic E-state index is -0.170. The topological polar surface area (TPSA) is 77.6 Å². The maximum absolute atomic E-state index is 13.5. The molecule has 3 aromatic heterocycles. The molecule has 1 amide bonds. The smallest absolute Gasteiger partial charge is 0.257 e. The molecular weight excluding hydrogens is 388 g/mol. The van der Waals surface area contributed by atoms with Crippen molar-refractivity contribution in [1.29, 1.82) is 0 Å². The number of aryl methyl sites for hydroxylation is 5. The fraction of sp³-hybridized carbons (Fsp3) is 0.333. The average Bonchev–Trinajstić information content (AvgIpc) is 3.43. The van der Waals surface area contributed by atoms with Gasteiger partial charge in [-0.15, -0.1) is 0 Å². The molecule has 31 heavy (non-hydrogen) atoms. The lowest BCUT2D eigenvalue weighted by molar-refractivity contribution is 0.102. The van der Waals surface area contributed by atoms with Crippen molar-refractivity contribution in [1.82, 2.24) is 24.5 Å². The summed E-state index contributed by atoms with van der Waals surface area (Å²) in [4.78, 5) is 18.3. The number of anilines is 1. The molecule has 7 heteroatoms. The number of carbonyl (C=O) groups is 1. The van der Waals surface area contributed by atoms with E-state index in [0.29, 0.717) is 17.3 Å². The molecule has 1 N–H and O–H groups in total. The summed E-state index contributed by atoms with van der Waals surface area (Å²) in [5, 5.41) is 13.0. The lowest BCUT2D eigenvalue weighted by Gasteiger charge is -2.12. The molecule has 1 aromatic carbocycles. The molecule has 4 aromatic rings. The number of benzene rings is 1. The van der Waals surface area contributed by atoms with Crippen molar-refractivity contribution >= 4 is 22.8 Å². The zero-order valence-electron chi connectivity index (χ0n) is 18.5. The van der Waals surface area contributed by atoms with Crippen LogP contribution in [0.25, 0.3) is 16.7 Å². The van der Waals surface area contributed by atoms with E-state index in [-0.39, 0.29) is 5.91 Å². The maximum atomic E-state index is 13.5. The van der Waals surface area contributed by atoms with Crippen LogP contribution in [0, 0.1) is 27.7 Å². The van der Waals surface area contributed by atoms with Crippen molar-refractivity contribution in [3.63, 3.8) is 0 Å². The largest absolute Gasteiger partial charge is 0.306 e. The Morgan fingerprint density at radius 1 is 1.00 bits per heavy atom. The number of aromatic nitrogens is 5. The number of hydrogen-bond acceptors (Lipinski definition) is 4. The van der Waals surface area contributed by atoms with Crippen LogP contribution in [0.15, 0.2) is 30.3 Å². The lowest BCUT2D eigenvalue weighted by Crippen LogP contribution is -2.16. The molecule has 5 rings (SSSR count). The summed E-state index contributed by atoms with van der Waals surface area (Å²) in [6.45, 7) is 7.96. The van der Waals surface area contributed by atoms with E-state index in [4.69, 9.17) is 4.98 Å². The highest BCUT2D eigenvalue weighted by Crippen LogP contribution is 2.40. The Labute approximate surface area is 181 Å². The summed E-state index contributed by atoms with van der Waals surface area (Å²) < 4.78 is 3.56. The summed E-state index contributed by atoms with van der Waals surface area (Å²) in [5.74, 6) is 0.914. The lowest BCUT2D eigenvalue weighted by atomic mass is 10.1. The first-order valence-electron chi connectivity index (χ1n) is 10.6. The minimum absolute atomic E-state index is 0.170. The predicted octanol–water partition coefficient (Wildman–Crippen LogP) is 4.52. The molecule has 0 atom stereocenters. The quantitative estimate of drug-likeness (QED) is 0.533. The van der Waals surface area contributed by atoms with Crippen molar-refractivity contribution in [3.05, 3.63) is 64.1 Å². The van der Waals surface area contributed by atoms with Gasteiger partial charge in [-0.3, -0.25) is 9.48 Å². The number of carbonyl (C=O) groups excluding carboxylic acids is 1. The van der Waals surface area contributed by atoms with Crippen LogP contribution in [0.1, 0.15) is 57.3 Å². The first kappa shape index (κ1) is 19.5. The summed E-state index contributed by atoms with van der Waals surface area (Å²) in [6, 6.07) is 10.1. The number of nitrogens with zero attached hydrogens (tertiary/aromatic N) is 5. The van der Waals surface area contributed by atoms with Gasteiger partial charge >= 0.3 is 0 Å². The molecule has 0 spiro atoms. The third kappa shape index (κ3) is 3.50. The van der Waals surface area contributed by atoms with Gasteiger partial charge < -0.3 is 5.32 Å². The van der Waals surface area contributed by atoms with Gasteiger partial charge in [0.2, 0.25) is 0 Å². The molecule has 3 heterocycles. The summed E-state index contributed by atoms with van der Waals surface area (Å²) in [6.07, 6.45) is 2.24. The minimum Gasteiger partial charge on any atom is -0.306 e. The average molecular weight is 415 g/mol. The normalized spacial score (nSPS) is 13.7. The van der Waals surface area contributed by atoms with Crippen LogP contribution in [0.5, 0.6) is 0 Å². The third-order valence-electron chi connectivity index (χ3n) is 5.75. The van der Waals surface area contributed by atoms with Gasteiger partial charge in [0.1, 0.15) is 5.82 Å². The maximum Gasteiger partial charge on any atom is 0.257 e. The summed E-state index contributed by atoms with van der Waals surface area (Å²) in [5.41, 5.74) is 7.21. The second-order valence-corrected chi connectivity index (χ2v) is 8.66. The van der Waals surface area contributed by atoms with Gasteiger partial charge in [0.05, 0.1) is 28.0 Å². The van der Waals surface area contributed by atoms with Gasteiger partial charge in [0.25, 0.3) is 5.91 Å². The van der Waals surface area contributed by atoms with E-state index in [0.717, 1.165) is 57.8 Å². The van der Waals surface area contributed by atoms with Crippen LogP contribution in [-0.4, -0.2) is 30.5 Å². The van der Waals surface area contributed by atoms with Crippen molar-refractivity contribution in [2.75, 3.05) is 5.32 Å². The molecule has 1 saturated carbocycles. The zero-order valence-corrected chi connectivity index (χ0v) is 18.5. The van der Waals surface area contributed by atoms with Crippen LogP contribution >= 0.6 is 0 Å². The monoisotopic (exact) mass is 414 g/mol. The molecule has 1 aliphatic carbocycles. The first-order valence-corrected chi connectivity index (χ1v) is 10.6. The fourth-order valence-corrected chi connectivity index (χ4v) is 4.27. The molecule has 1 fully saturated rings. The molecule has 0 saturated heterocycles. The zero-order chi connectivity index (χ0) is 21.9. The Morgan fingerprint density at radius 3 is 2.39 bits per heavy atom. The standard InChI is InChI=1S/C24H26N6O/c1-13-8-14(2)10-18(9-13)30-21(11-15(3)27-30)26-24(31)19-12-20(17-6-7-17)25-23-22(19)16(4)28-29(23)5/h8-12,17H,6-7H2,1-5H3,(H,26,31). The fourth-order valence-electron chi connectivity index (χ4n) is 4.27. The van der Waals surface area contributed by atoms with E-state index < -0.39 is 0 Å². The first-order chi connectivity index (χ1) is 14.8. The van der Waals surface area contributed by atoms with Crippen molar-refractivity contribution in [2.24, 2.45) is 7.05 Å². The number of pyridine rings is 1. The summed E-state index contributed by atoms with van der Waals surface area (Å²) >= 11 is 0. The number of fused-ring (bicyclic) bond motifs is 1. The van der Waals surface area contributed by atoms with Gasteiger partial charge in [0.15, 0.2) is 5.65 Å². The third-order valence-corrected chi connectivity index (χ3v) is 5.75. The molecule has 1 aliphatic rings. The number of hydrogen-bond donors (Lipinski definition) is 1. The molecular formula is C24H26N6O. The van der Waals surface area contributed by atoms with Crippen molar-refractivity contribution in [2.45, 2.75) is 46.5 Å². The Kier molecular flexibility index (Phi) is 4.43. The molecule has 158 valence electrons. The van der Waals surface area contributed by atoms with Crippen LogP contribution in [0.2, 0.25) is 0 Å². The SMILES string of the molecule is Cc1cc(C)cc(-n2nc(C)cc2NC(=O)c2cc(C3CC3)nc3c2c(C)nn3C)c1.